The number of pyridine rings is 1. The van der Waals surface area contributed by atoms with E-state index < -0.39 is 11.7 Å². The van der Waals surface area contributed by atoms with E-state index in [0.29, 0.717) is 11.3 Å². The lowest BCUT2D eigenvalue weighted by Gasteiger charge is -2.12. The zero-order valence-electron chi connectivity index (χ0n) is 13.5. The van der Waals surface area contributed by atoms with Gasteiger partial charge in [0.2, 0.25) is 0 Å². The third-order valence-electron chi connectivity index (χ3n) is 3.60. The molecule has 126 valence electrons. The van der Waals surface area contributed by atoms with Crippen LogP contribution in [0.3, 0.4) is 0 Å². The summed E-state index contributed by atoms with van der Waals surface area (Å²) in [6.07, 6.45) is 1.51. The Kier molecular flexibility index (Phi) is 4.61. The molecule has 5 nitrogen and oxygen atoms in total. The number of nitrogens with one attached hydrogen (secondary N) is 1. The molecule has 0 saturated carbocycles. The molecule has 0 spiro atoms. The minimum atomic E-state index is -0.667. The Morgan fingerprint density at radius 2 is 1.88 bits per heavy atom. The molecule has 0 aliphatic rings. The van der Waals surface area contributed by atoms with Crippen molar-refractivity contribution < 1.29 is 13.9 Å². The zero-order chi connectivity index (χ0) is 17.8. The first-order valence-electron chi connectivity index (χ1n) is 7.60. The Morgan fingerprint density at radius 1 is 1.12 bits per heavy atom. The lowest BCUT2D eigenvalue weighted by molar-refractivity contribution is 0.102. The Bertz CT molecular complexity index is 894. The number of benzene rings is 2. The van der Waals surface area contributed by atoms with Crippen LogP contribution in [0.2, 0.25) is 0 Å². The molecule has 2 aromatic carbocycles. The number of amides is 1. The molecule has 0 radical (unpaired) electrons. The molecule has 0 aliphatic carbocycles. The van der Waals surface area contributed by atoms with Crippen LogP contribution in [0.15, 0.2) is 60.8 Å². The molecule has 1 heterocycles. The molecule has 3 aromatic rings. The highest BCUT2D eigenvalue weighted by atomic mass is 19.1. The van der Waals surface area contributed by atoms with Crippen LogP contribution in [-0.4, -0.2) is 10.9 Å². The summed E-state index contributed by atoms with van der Waals surface area (Å²) in [5.41, 5.74) is 6.63. The molecular formula is C19H16FN3O2. The van der Waals surface area contributed by atoms with E-state index in [-0.39, 0.29) is 22.8 Å². The van der Waals surface area contributed by atoms with Crippen LogP contribution in [0, 0.1) is 12.7 Å². The first kappa shape index (κ1) is 16.4. The van der Waals surface area contributed by atoms with E-state index >= 15 is 0 Å². The van der Waals surface area contributed by atoms with Crippen LogP contribution in [0.4, 0.5) is 15.9 Å². The topological polar surface area (TPSA) is 77.2 Å². The van der Waals surface area contributed by atoms with E-state index in [1.807, 2.05) is 6.07 Å². The van der Waals surface area contributed by atoms with Crippen LogP contribution in [0.5, 0.6) is 11.5 Å². The summed E-state index contributed by atoms with van der Waals surface area (Å²) < 4.78 is 20.2. The van der Waals surface area contributed by atoms with Crippen LogP contribution < -0.4 is 15.8 Å². The van der Waals surface area contributed by atoms with Crippen molar-refractivity contribution in [1.29, 1.82) is 0 Å². The molecule has 6 heteroatoms. The van der Waals surface area contributed by atoms with Gasteiger partial charge in [-0.1, -0.05) is 24.3 Å². The smallest absolute Gasteiger partial charge is 0.259 e. The minimum absolute atomic E-state index is 0.00100. The monoisotopic (exact) mass is 337 g/mol. The number of aromatic nitrogens is 1. The van der Waals surface area contributed by atoms with Crippen LogP contribution in [-0.2, 0) is 0 Å². The molecule has 0 unspecified atom stereocenters. The van der Waals surface area contributed by atoms with Gasteiger partial charge in [0.15, 0.2) is 11.6 Å². The second kappa shape index (κ2) is 7.00. The van der Waals surface area contributed by atoms with Crippen molar-refractivity contribution in [3.63, 3.8) is 0 Å². The first-order valence-corrected chi connectivity index (χ1v) is 7.60. The average molecular weight is 337 g/mol. The standard InChI is InChI=1S/C19H16FN3O2/c1-12-10-11-22-18(21)16(12)19(24)23-14-8-5-9-15(17(14)20)25-13-6-3-2-4-7-13/h2-11H,1H3,(H2,21,22)(H,23,24). The molecule has 0 atom stereocenters. The summed E-state index contributed by atoms with van der Waals surface area (Å²) in [6, 6.07) is 15.0. The number of nitrogens with two attached hydrogens (primary N) is 1. The molecule has 3 rings (SSSR count). The first-order chi connectivity index (χ1) is 12.1. The summed E-state index contributed by atoms with van der Waals surface area (Å²) >= 11 is 0. The summed E-state index contributed by atoms with van der Waals surface area (Å²) in [7, 11) is 0. The minimum Gasteiger partial charge on any atom is -0.454 e. The van der Waals surface area contributed by atoms with Gasteiger partial charge in [0.05, 0.1) is 11.3 Å². The third kappa shape index (κ3) is 3.58. The molecule has 0 aliphatic heterocycles. The number of aryl methyl sites for hydroxylation is 1. The molecule has 0 fully saturated rings. The number of anilines is 2. The van der Waals surface area contributed by atoms with Crippen molar-refractivity contribution in [2.24, 2.45) is 0 Å². The normalized spacial score (nSPS) is 10.3. The molecular weight excluding hydrogens is 321 g/mol. The molecule has 0 bridgehead atoms. The van der Waals surface area contributed by atoms with Crippen molar-refractivity contribution in [2.45, 2.75) is 6.92 Å². The van der Waals surface area contributed by atoms with Crippen LogP contribution in [0.25, 0.3) is 0 Å². The van der Waals surface area contributed by atoms with E-state index in [0.717, 1.165) is 0 Å². The predicted molar refractivity (Wildman–Crippen MR) is 94.3 cm³/mol. The van der Waals surface area contributed by atoms with Gasteiger partial charge in [-0.25, -0.2) is 9.37 Å². The second-order valence-corrected chi connectivity index (χ2v) is 5.38. The van der Waals surface area contributed by atoms with Gasteiger partial charge in [-0.2, -0.15) is 0 Å². The molecule has 3 N–H and O–H groups in total. The number of carbonyl (C=O) groups excluding carboxylic acids is 1. The van der Waals surface area contributed by atoms with Crippen LogP contribution in [0.1, 0.15) is 15.9 Å². The van der Waals surface area contributed by atoms with Gasteiger partial charge in [0.25, 0.3) is 5.91 Å². The SMILES string of the molecule is Cc1ccnc(N)c1C(=O)Nc1cccc(Oc2ccccc2)c1F. The Hall–Kier alpha value is -3.41. The molecule has 1 amide bonds. The second-order valence-electron chi connectivity index (χ2n) is 5.38. The van der Waals surface area contributed by atoms with Crippen molar-refractivity contribution in [1.82, 2.24) is 4.98 Å². The van der Waals surface area contributed by atoms with Gasteiger partial charge in [-0.15, -0.1) is 0 Å². The number of hydrogen-bond acceptors (Lipinski definition) is 4. The summed E-state index contributed by atoms with van der Waals surface area (Å²) in [5, 5.41) is 2.52. The summed E-state index contributed by atoms with van der Waals surface area (Å²) in [5.74, 6) is -0.592. The number of hydrogen-bond donors (Lipinski definition) is 2. The van der Waals surface area contributed by atoms with Crippen molar-refractivity contribution in [3.05, 3.63) is 77.7 Å². The largest absolute Gasteiger partial charge is 0.454 e. The predicted octanol–water partition coefficient (Wildman–Crippen LogP) is 4.16. The quantitative estimate of drug-likeness (QED) is 0.749. The number of halogens is 1. The molecule has 1 aromatic heterocycles. The number of para-hydroxylation sites is 1. The van der Waals surface area contributed by atoms with Gasteiger partial charge in [-0.05, 0) is 42.8 Å². The molecule has 25 heavy (non-hydrogen) atoms. The maximum Gasteiger partial charge on any atom is 0.259 e. The maximum atomic E-state index is 14.6. The van der Waals surface area contributed by atoms with Gasteiger partial charge in [-0.3, -0.25) is 4.79 Å². The summed E-state index contributed by atoms with van der Waals surface area (Å²) in [6.45, 7) is 1.73. The number of nitrogen functional groups attached to an aromatic ring is 1. The van der Waals surface area contributed by atoms with Gasteiger partial charge in [0.1, 0.15) is 11.6 Å². The van der Waals surface area contributed by atoms with E-state index in [4.69, 9.17) is 10.5 Å². The van der Waals surface area contributed by atoms with E-state index in [1.165, 1.54) is 18.3 Å². The summed E-state index contributed by atoms with van der Waals surface area (Å²) in [4.78, 5) is 16.3. The highest BCUT2D eigenvalue weighted by Crippen LogP contribution is 2.29. The van der Waals surface area contributed by atoms with E-state index in [1.54, 1.807) is 43.3 Å². The lowest BCUT2D eigenvalue weighted by atomic mass is 10.1. The van der Waals surface area contributed by atoms with Crippen LogP contribution >= 0.6 is 0 Å². The highest BCUT2D eigenvalue weighted by Gasteiger charge is 2.17. The Balaban J connectivity index is 1.86. The Morgan fingerprint density at radius 3 is 2.60 bits per heavy atom. The van der Waals surface area contributed by atoms with E-state index in [2.05, 4.69) is 10.3 Å². The fraction of sp³-hybridized carbons (Fsp3) is 0.0526. The lowest BCUT2D eigenvalue weighted by Crippen LogP contribution is -2.17. The number of ether oxygens (including phenoxy) is 1. The van der Waals surface area contributed by atoms with Crippen molar-refractivity contribution >= 4 is 17.4 Å². The van der Waals surface area contributed by atoms with Gasteiger partial charge < -0.3 is 15.8 Å². The fourth-order valence-electron chi connectivity index (χ4n) is 2.36. The number of carbonyl (C=O) groups is 1. The van der Waals surface area contributed by atoms with Gasteiger partial charge >= 0.3 is 0 Å². The fourth-order valence-corrected chi connectivity index (χ4v) is 2.36. The van der Waals surface area contributed by atoms with Crippen molar-refractivity contribution in [3.8, 4) is 11.5 Å². The highest BCUT2D eigenvalue weighted by molar-refractivity contribution is 6.08. The average Bonchev–Trinajstić information content (AvgIpc) is 2.59. The third-order valence-corrected chi connectivity index (χ3v) is 3.60. The van der Waals surface area contributed by atoms with Gasteiger partial charge in [0, 0.05) is 6.20 Å². The zero-order valence-corrected chi connectivity index (χ0v) is 13.5. The Labute approximate surface area is 144 Å². The maximum absolute atomic E-state index is 14.6. The number of nitrogens with zero attached hydrogens (tertiary/aromatic N) is 1. The van der Waals surface area contributed by atoms with Crippen molar-refractivity contribution in [2.75, 3.05) is 11.1 Å². The number of rotatable bonds is 4. The van der Waals surface area contributed by atoms with E-state index in [9.17, 15) is 9.18 Å². The molecule has 0 saturated heterocycles.